The van der Waals surface area contributed by atoms with Gasteiger partial charge in [0.15, 0.2) is 0 Å². The maximum Gasteiger partial charge on any atom is 0.0318 e. The van der Waals surface area contributed by atoms with E-state index in [0.717, 1.165) is 25.6 Å². The Balaban J connectivity index is 2.18. The molecule has 0 spiro atoms. The van der Waals surface area contributed by atoms with Crippen LogP contribution in [0.3, 0.4) is 0 Å². The molecule has 0 aromatic heterocycles. The SMILES string of the molecule is CC(C)CCN1CCNC(CN)C1. The zero-order valence-electron chi connectivity index (χ0n) is 8.92. The molecule has 1 saturated heterocycles. The van der Waals surface area contributed by atoms with Crippen molar-refractivity contribution in [2.75, 3.05) is 32.7 Å². The molecule has 1 unspecified atom stereocenters. The lowest BCUT2D eigenvalue weighted by Gasteiger charge is -2.33. The Kier molecular flexibility index (Phi) is 4.70. The lowest BCUT2D eigenvalue weighted by Crippen LogP contribution is -2.53. The van der Waals surface area contributed by atoms with Crippen LogP contribution >= 0.6 is 0 Å². The molecule has 13 heavy (non-hydrogen) atoms. The van der Waals surface area contributed by atoms with Gasteiger partial charge in [0.05, 0.1) is 0 Å². The molecule has 0 aromatic carbocycles. The van der Waals surface area contributed by atoms with Gasteiger partial charge in [-0.3, -0.25) is 0 Å². The van der Waals surface area contributed by atoms with Gasteiger partial charge in [0, 0.05) is 32.2 Å². The number of nitrogens with zero attached hydrogens (tertiary/aromatic N) is 1. The molecule has 0 radical (unpaired) electrons. The molecule has 3 heteroatoms. The van der Waals surface area contributed by atoms with Crippen molar-refractivity contribution in [1.29, 1.82) is 0 Å². The molecule has 0 aliphatic carbocycles. The van der Waals surface area contributed by atoms with Crippen molar-refractivity contribution in [3.63, 3.8) is 0 Å². The Labute approximate surface area is 81.7 Å². The van der Waals surface area contributed by atoms with Crippen LogP contribution in [-0.4, -0.2) is 43.7 Å². The molecule has 3 nitrogen and oxygen atoms in total. The van der Waals surface area contributed by atoms with Crippen LogP contribution in [0.4, 0.5) is 0 Å². The first-order chi connectivity index (χ1) is 6.22. The highest BCUT2D eigenvalue weighted by atomic mass is 15.2. The van der Waals surface area contributed by atoms with E-state index in [1.54, 1.807) is 0 Å². The summed E-state index contributed by atoms with van der Waals surface area (Å²) in [5.41, 5.74) is 5.63. The summed E-state index contributed by atoms with van der Waals surface area (Å²) in [6.45, 7) is 9.96. The van der Waals surface area contributed by atoms with E-state index in [4.69, 9.17) is 5.73 Å². The Morgan fingerprint density at radius 3 is 2.92 bits per heavy atom. The highest BCUT2D eigenvalue weighted by Gasteiger charge is 2.17. The first-order valence-electron chi connectivity index (χ1n) is 5.38. The minimum atomic E-state index is 0.515. The molecule has 78 valence electrons. The van der Waals surface area contributed by atoms with E-state index in [2.05, 4.69) is 24.1 Å². The monoisotopic (exact) mass is 185 g/mol. The van der Waals surface area contributed by atoms with E-state index in [0.29, 0.717) is 6.04 Å². The molecule has 1 aliphatic heterocycles. The van der Waals surface area contributed by atoms with E-state index in [-0.39, 0.29) is 0 Å². The first kappa shape index (κ1) is 11.0. The summed E-state index contributed by atoms with van der Waals surface area (Å²) in [4.78, 5) is 2.52. The third-order valence-corrected chi connectivity index (χ3v) is 2.65. The predicted molar refractivity (Wildman–Crippen MR) is 56.7 cm³/mol. The van der Waals surface area contributed by atoms with Crippen molar-refractivity contribution in [3.05, 3.63) is 0 Å². The van der Waals surface area contributed by atoms with Gasteiger partial charge in [-0.2, -0.15) is 0 Å². The van der Waals surface area contributed by atoms with Crippen LogP contribution in [0.25, 0.3) is 0 Å². The zero-order chi connectivity index (χ0) is 9.68. The molecule has 1 aliphatic rings. The smallest absolute Gasteiger partial charge is 0.0318 e. The van der Waals surface area contributed by atoms with Gasteiger partial charge in [-0.15, -0.1) is 0 Å². The van der Waals surface area contributed by atoms with Gasteiger partial charge in [-0.05, 0) is 18.9 Å². The Hall–Kier alpha value is -0.120. The van der Waals surface area contributed by atoms with Crippen LogP contribution in [-0.2, 0) is 0 Å². The number of piperazine rings is 1. The quantitative estimate of drug-likeness (QED) is 0.660. The normalized spacial score (nSPS) is 25.4. The lowest BCUT2D eigenvalue weighted by molar-refractivity contribution is 0.193. The van der Waals surface area contributed by atoms with Gasteiger partial charge in [-0.25, -0.2) is 0 Å². The van der Waals surface area contributed by atoms with E-state index >= 15 is 0 Å². The molecule has 0 amide bonds. The summed E-state index contributed by atoms with van der Waals surface area (Å²) in [6, 6.07) is 0.515. The molecular formula is C10H23N3. The Morgan fingerprint density at radius 2 is 2.31 bits per heavy atom. The lowest BCUT2D eigenvalue weighted by atomic mass is 10.1. The Bertz CT molecular complexity index is 136. The topological polar surface area (TPSA) is 41.3 Å². The largest absolute Gasteiger partial charge is 0.329 e. The van der Waals surface area contributed by atoms with E-state index < -0.39 is 0 Å². The third kappa shape index (κ3) is 4.07. The fourth-order valence-corrected chi connectivity index (χ4v) is 1.70. The minimum Gasteiger partial charge on any atom is -0.329 e. The zero-order valence-corrected chi connectivity index (χ0v) is 8.92. The second-order valence-corrected chi connectivity index (χ2v) is 4.37. The predicted octanol–water partition coefficient (Wildman–Crippen LogP) is 0.265. The minimum absolute atomic E-state index is 0.515. The molecule has 3 N–H and O–H groups in total. The number of rotatable bonds is 4. The van der Waals surface area contributed by atoms with Crippen LogP contribution in [0.1, 0.15) is 20.3 Å². The fourth-order valence-electron chi connectivity index (χ4n) is 1.70. The summed E-state index contributed by atoms with van der Waals surface area (Å²) in [7, 11) is 0. The number of hydrogen-bond donors (Lipinski definition) is 2. The molecule has 1 rings (SSSR count). The van der Waals surface area contributed by atoms with Crippen molar-refractivity contribution < 1.29 is 0 Å². The molecule has 1 heterocycles. The van der Waals surface area contributed by atoms with Gasteiger partial charge in [0.25, 0.3) is 0 Å². The molecule has 1 fully saturated rings. The van der Waals surface area contributed by atoms with Gasteiger partial charge < -0.3 is 16.0 Å². The summed E-state index contributed by atoms with van der Waals surface area (Å²) in [5, 5.41) is 3.42. The van der Waals surface area contributed by atoms with E-state index in [1.807, 2.05) is 0 Å². The van der Waals surface area contributed by atoms with Crippen molar-refractivity contribution in [2.45, 2.75) is 26.3 Å². The second-order valence-electron chi connectivity index (χ2n) is 4.37. The van der Waals surface area contributed by atoms with Crippen LogP contribution in [0.5, 0.6) is 0 Å². The van der Waals surface area contributed by atoms with Crippen molar-refractivity contribution in [1.82, 2.24) is 10.2 Å². The highest BCUT2D eigenvalue weighted by molar-refractivity contribution is 4.78. The van der Waals surface area contributed by atoms with Crippen molar-refractivity contribution >= 4 is 0 Å². The first-order valence-corrected chi connectivity index (χ1v) is 5.38. The molecule has 0 bridgehead atoms. The van der Waals surface area contributed by atoms with Crippen molar-refractivity contribution in [3.8, 4) is 0 Å². The van der Waals surface area contributed by atoms with Gasteiger partial charge in [0.2, 0.25) is 0 Å². The summed E-state index contributed by atoms with van der Waals surface area (Å²) in [6.07, 6.45) is 1.30. The molecule has 1 atom stereocenters. The Morgan fingerprint density at radius 1 is 1.54 bits per heavy atom. The summed E-state index contributed by atoms with van der Waals surface area (Å²) in [5.74, 6) is 0.811. The fraction of sp³-hybridized carbons (Fsp3) is 1.00. The molecular weight excluding hydrogens is 162 g/mol. The average molecular weight is 185 g/mol. The highest BCUT2D eigenvalue weighted by Crippen LogP contribution is 2.04. The summed E-state index contributed by atoms with van der Waals surface area (Å²) >= 11 is 0. The average Bonchev–Trinajstić information content (AvgIpc) is 2.15. The van der Waals surface area contributed by atoms with Gasteiger partial charge in [0.1, 0.15) is 0 Å². The third-order valence-electron chi connectivity index (χ3n) is 2.65. The maximum absolute atomic E-state index is 5.63. The van der Waals surface area contributed by atoms with Crippen LogP contribution in [0.2, 0.25) is 0 Å². The standard InChI is InChI=1S/C10H23N3/c1-9(2)3-5-13-6-4-12-10(7-11)8-13/h9-10,12H,3-8,11H2,1-2H3. The van der Waals surface area contributed by atoms with E-state index in [9.17, 15) is 0 Å². The van der Waals surface area contributed by atoms with Gasteiger partial charge >= 0.3 is 0 Å². The van der Waals surface area contributed by atoms with Crippen molar-refractivity contribution in [2.24, 2.45) is 11.7 Å². The second kappa shape index (κ2) is 5.58. The molecule has 0 saturated carbocycles. The maximum atomic E-state index is 5.63. The number of nitrogens with one attached hydrogen (secondary N) is 1. The number of hydrogen-bond acceptors (Lipinski definition) is 3. The van der Waals surface area contributed by atoms with Crippen LogP contribution in [0.15, 0.2) is 0 Å². The molecule has 0 aromatic rings. The number of nitrogens with two attached hydrogens (primary N) is 1. The van der Waals surface area contributed by atoms with Gasteiger partial charge in [-0.1, -0.05) is 13.8 Å². The van der Waals surface area contributed by atoms with Crippen LogP contribution in [0, 0.1) is 5.92 Å². The van der Waals surface area contributed by atoms with Crippen LogP contribution < -0.4 is 11.1 Å². The summed E-state index contributed by atoms with van der Waals surface area (Å²) < 4.78 is 0. The van der Waals surface area contributed by atoms with E-state index in [1.165, 1.54) is 19.5 Å².